The molecule has 0 fully saturated rings. The summed E-state index contributed by atoms with van der Waals surface area (Å²) in [6, 6.07) is 2.51. The zero-order valence-electron chi connectivity index (χ0n) is 9.72. The Bertz CT molecular complexity index is 449. The van der Waals surface area contributed by atoms with Crippen molar-refractivity contribution < 1.29 is 19.2 Å². The van der Waals surface area contributed by atoms with E-state index >= 15 is 0 Å². The van der Waals surface area contributed by atoms with Gasteiger partial charge in [0.1, 0.15) is 0 Å². The number of ether oxygens (including phenoxy) is 2. The van der Waals surface area contributed by atoms with E-state index in [1.54, 1.807) is 0 Å². The number of carbonyl (C=O) groups excluding carboxylic acids is 1. The molecule has 0 aliphatic carbocycles. The van der Waals surface area contributed by atoms with E-state index in [9.17, 15) is 14.9 Å². The Hall–Kier alpha value is -1.63. The molecule has 0 radical (unpaired) electrons. The molecule has 1 aromatic carbocycles. The van der Waals surface area contributed by atoms with Crippen LogP contribution in [0.2, 0.25) is 0 Å². The lowest BCUT2D eigenvalue weighted by Crippen LogP contribution is -2.02. The Kier molecular flexibility index (Phi) is 5.57. The van der Waals surface area contributed by atoms with Gasteiger partial charge >= 0.3 is 0 Å². The first-order chi connectivity index (χ1) is 8.63. The van der Waals surface area contributed by atoms with E-state index in [0.29, 0.717) is 18.6 Å². The lowest BCUT2D eigenvalue weighted by molar-refractivity contribution is -0.385. The molecule has 0 saturated carbocycles. The second-order valence-corrected chi connectivity index (χ2v) is 4.12. The number of rotatable bonds is 7. The molecule has 0 saturated heterocycles. The number of methoxy groups -OCH3 is 1. The van der Waals surface area contributed by atoms with Gasteiger partial charge < -0.3 is 9.47 Å². The van der Waals surface area contributed by atoms with Crippen LogP contribution in [0.3, 0.4) is 0 Å². The first-order valence-corrected chi connectivity index (χ1v) is 6.26. The lowest BCUT2D eigenvalue weighted by atomic mass is 10.1. The maximum atomic E-state index is 10.8. The SMILES string of the molecule is COc1cc(C=O)c([N+](=O)[O-])cc1OCCCBr. The summed E-state index contributed by atoms with van der Waals surface area (Å²) < 4.78 is 10.4. The Balaban J connectivity index is 3.10. The molecule has 18 heavy (non-hydrogen) atoms. The Morgan fingerprint density at radius 3 is 2.67 bits per heavy atom. The largest absolute Gasteiger partial charge is 0.493 e. The molecule has 98 valence electrons. The minimum Gasteiger partial charge on any atom is -0.493 e. The molecule has 0 amide bonds. The van der Waals surface area contributed by atoms with Gasteiger partial charge in [0.2, 0.25) is 0 Å². The molecule has 1 aromatic rings. The average molecular weight is 318 g/mol. The van der Waals surface area contributed by atoms with Gasteiger partial charge in [-0.05, 0) is 6.42 Å². The van der Waals surface area contributed by atoms with Crippen molar-refractivity contribution in [3.05, 3.63) is 27.8 Å². The quantitative estimate of drug-likeness (QED) is 0.254. The van der Waals surface area contributed by atoms with Crippen LogP contribution < -0.4 is 9.47 Å². The highest BCUT2D eigenvalue weighted by atomic mass is 79.9. The number of aldehydes is 1. The van der Waals surface area contributed by atoms with Crippen LogP contribution in [-0.4, -0.2) is 30.3 Å². The van der Waals surface area contributed by atoms with E-state index in [1.807, 2.05) is 0 Å². The van der Waals surface area contributed by atoms with Crippen LogP contribution in [0.15, 0.2) is 12.1 Å². The lowest BCUT2D eigenvalue weighted by Gasteiger charge is -2.10. The van der Waals surface area contributed by atoms with E-state index in [-0.39, 0.29) is 17.0 Å². The standard InChI is InChI=1S/C11H12BrNO5/c1-17-10-5-8(7-14)9(13(15)16)6-11(10)18-4-2-3-12/h5-7H,2-4H2,1H3. The molecule has 0 spiro atoms. The van der Waals surface area contributed by atoms with Gasteiger partial charge in [-0.25, -0.2) is 0 Å². The Labute approximate surface area is 112 Å². The molecule has 1 rings (SSSR count). The van der Waals surface area contributed by atoms with Crippen molar-refractivity contribution in [2.24, 2.45) is 0 Å². The summed E-state index contributed by atoms with van der Waals surface area (Å²) >= 11 is 3.25. The maximum Gasteiger partial charge on any atom is 0.283 e. The van der Waals surface area contributed by atoms with Crippen LogP contribution in [0.4, 0.5) is 5.69 Å². The van der Waals surface area contributed by atoms with Gasteiger partial charge in [0.05, 0.1) is 30.3 Å². The minimum atomic E-state index is -0.624. The van der Waals surface area contributed by atoms with Gasteiger partial charge in [-0.3, -0.25) is 14.9 Å². The third kappa shape index (κ3) is 3.43. The van der Waals surface area contributed by atoms with E-state index in [1.165, 1.54) is 19.2 Å². The molecule has 6 nitrogen and oxygen atoms in total. The van der Waals surface area contributed by atoms with Crippen molar-refractivity contribution >= 4 is 27.9 Å². The molecule has 0 aliphatic heterocycles. The number of nitrogens with zero attached hydrogens (tertiary/aromatic N) is 1. The molecule has 0 aromatic heterocycles. The summed E-state index contributed by atoms with van der Waals surface area (Å²) in [7, 11) is 1.41. The summed E-state index contributed by atoms with van der Waals surface area (Å²) in [6.45, 7) is 0.402. The Morgan fingerprint density at radius 1 is 1.44 bits per heavy atom. The first-order valence-electron chi connectivity index (χ1n) is 5.14. The highest BCUT2D eigenvalue weighted by molar-refractivity contribution is 9.09. The number of carbonyl (C=O) groups is 1. The van der Waals surface area contributed by atoms with E-state index in [0.717, 1.165) is 11.8 Å². The summed E-state index contributed by atoms with van der Waals surface area (Å²) in [4.78, 5) is 20.9. The van der Waals surface area contributed by atoms with Crippen molar-refractivity contribution in [3.8, 4) is 11.5 Å². The number of halogens is 1. The third-order valence-corrected chi connectivity index (χ3v) is 2.73. The van der Waals surface area contributed by atoms with Crippen LogP contribution in [0.25, 0.3) is 0 Å². The number of nitro benzene ring substituents is 1. The topological polar surface area (TPSA) is 78.7 Å². The van der Waals surface area contributed by atoms with Gasteiger partial charge in [0.15, 0.2) is 17.8 Å². The fourth-order valence-electron chi connectivity index (χ4n) is 1.33. The van der Waals surface area contributed by atoms with Crippen LogP contribution in [0.1, 0.15) is 16.8 Å². The van der Waals surface area contributed by atoms with Crippen LogP contribution in [-0.2, 0) is 0 Å². The monoisotopic (exact) mass is 317 g/mol. The molecule has 7 heteroatoms. The highest BCUT2D eigenvalue weighted by Crippen LogP contribution is 2.34. The summed E-state index contributed by atoms with van der Waals surface area (Å²) in [5.41, 5.74) is -0.329. The molecule has 0 N–H and O–H groups in total. The molecule has 0 aliphatic rings. The third-order valence-electron chi connectivity index (χ3n) is 2.17. The fourth-order valence-corrected chi connectivity index (χ4v) is 1.56. The van der Waals surface area contributed by atoms with Gasteiger partial charge in [-0.1, -0.05) is 15.9 Å². The second-order valence-electron chi connectivity index (χ2n) is 3.33. The van der Waals surface area contributed by atoms with Crippen molar-refractivity contribution in [2.45, 2.75) is 6.42 Å². The van der Waals surface area contributed by atoms with Gasteiger partial charge in [0.25, 0.3) is 5.69 Å². The van der Waals surface area contributed by atoms with Crippen molar-refractivity contribution in [1.82, 2.24) is 0 Å². The molecule has 0 heterocycles. The van der Waals surface area contributed by atoms with Crippen molar-refractivity contribution in [3.63, 3.8) is 0 Å². The zero-order valence-corrected chi connectivity index (χ0v) is 11.3. The van der Waals surface area contributed by atoms with Crippen LogP contribution >= 0.6 is 15.9 Å². The van der Waals surface area contributed by atoms with Gasteiger partial charge in [-0.2, -0.15) is 0 Å². The number of nitro groups is 1. The van der Waals surface area contributed by atoms with E-state index in [2.05, 4.69) is 15.9 Å². The summed E-state index contributed by atoms with van der Waals surface area (Å²) in [5.74, 6) is 0.563. The fraction of sp³-hybridized carbons (Fsp3) is 0.364. The smallest absolute Gasteiger partial charge is 0.283 e. The first kappa shape index (κ1) is 14.4. The van der Waals surface area contributed by atoms with Gasteiger partial charge in [-0.15, -0.1) is 0 Å². The molecule has 0 bridgehead atoms. The second kappa shape index (κ2) is 6.95. The zero-order chi connectivity index (χ0) is 13.5. The molecule has 0 atom stereocenters. The normalized spacial score (nSPS) is 9.89. The van der Waals surface area contributed by atoms with Crippen molar-refractivity contribution in [2.75, 3.05) is 19.0 Å². The van der Waals surface area contributed by atoms with Crippen LogP contribution in [0, 0.1) is 10.1 Å². The number of alkyl halides is 1. The minimum absolute atomic E-state index is 0.0373. The number of hydrogen-bond acceptors (Lipinski definition) is 5. The van der Waals surface area contributed by atoms with E-state index < -0.39 is 4.92 Å². The number of benzene rings is 1. The van der Waals surface area contributed by atoms with Crippen molar-refractivity contribution in [1.29, 1.82) is 0 Å². The Morgan fingerprint density at radius 2 is 2.17 bits per heavy atom. The predicted molar refractivity (Wildman–Crippen MR) is 68.9 cm³/mol. The molecule has 0 unspecified atom stereocenters. The summed E-state index contributed by atoms with van der Waals surface area (Å²) in [6.07, 6.45) is 1.18. The molecular formula is C11H12BrNO5. The average Bonchev–Trinajstić information content (AvgIpc) is 2.38. The predicted octanol–water partition coefficient (Wildman–Crippen LogP) is 2.58. The molecular weight excluding hydrogens is 306 g/mol. The van der Waals surface area contributed by atoms with Gasteiger partial charge in [0, 0.05) is 11.4 Å². The highest BCUT2D eigenvalue weighted by Gasteiger charge is 2.19. The van der Waals surface area contributed by atoms with E-state index in [4.69, 9.17) is 9.47 Å². The number of hydrogen-bond donors (Lipinski definition) is 0. The maximum absolute atomic E-state index is 10.8. The summed E-state index contributed by atoms with van der Waals surface area (Å²) in [5, 5.41) is 11.6. The van der Waals surface area contributed by atoms with Crippen LogP contribution in [0.5, 0.6) is 11.5 Å².